The van der Waals surface area contributed by atoms with Gasteiger partial charge in [0.05, 0.1) is 0 Å². The van der Waals surface area contributed by atoms with Crippen LogP contribution in [0.4, 0.5) is 0 Å². The molecule has 8 atom stereocenters. The molecule has 306 valence electrons. The Kier molecular flexibility index (Phi) is 19.7. The van der Waals surface area contributed by atoms with Crippen LogP contribution in [0.1, 0.15) is 27.7 Å². The minimum atomic E-state index is -1.73. The zero-order valence-electron chi connectivity index (χ0n) is 30.2. The quantitative estimate of drug-likeness (QED) is 0.0359. The SMILES string of the molecule is CCOC(O)C(O)OCOc1cc2cc3cc(OCOC(O)C(O)OCC)c(OCOC(O)C(O)OCC)cc3cc2cc1OCOC(O)C(O)OCC. The summed E-state index contributed by atoms with van der Waals surface area (Å²) in [5, 5.41) is 81.6. The van der Waals surface area contributed by atoms with Gasteiger partial charge in [0.1, 0.15) is 0 Å². The van der Waals surface area contributed by atoms with Gasteiger partial charge < -0.3 is 97.7 Å². The van der Waals surface area contributed by atoms with Gasteiger partial charge >= 0.3 is 0 Å². The maximum atomic E-state index is 10.0. The summed E-state index contributed by atoms with van der Waals surface area (Å²) in [5.41, 5.74) is 0. The van der Waals surface area contributed by atoms with E-state index in [0.717, 1.165) is 0 Å². The maximum absolute atomic E-state index is 10.0. The molecule has 0 aliphatic heterocycles. The summed E-state index contributed by atoms with van der Waals surface area (Å²) in [4.78, 5) is 0. The summed E-state index contributed by atoms with van der Waals surface area (Å²) in [6, 6.07) is 9.79. The van der Waals surface area contributed by atoms with E-state index in [1.54, 1.807) is 64.1 Å². The number of aliphatic hydroxyl groups excluding tert-OH is 8. The molecule has 0 bridgehead atoms. The minimum Gasteiger partial charge on any atom is -0.464 e. The van der Waals surface area contributed by atoms with Crippen molar-refractivity contribution in [2.75, 3.05) is 53.6 Å². The van der Waals surface area contributed by atoms with E-state index in [4.69, 9.17) is 56.8 Å². The van der Waals surface area contributed by atoms with Crippen LogP contribution in [0.3, 0.4) is 0 Å². The van der Waals surface area contributed by atoms with Crippen LogP contribution in [0, 0.1) is 0 Å². The molecule has 20 nitrogen and oxygen atoms in total. The molecule has 0 spiro atoms. The third-order valence-corrected chi connectivity index (χ3v) is 7.06. The smallest absolute Gasteiger partial charge is 0.210 e. The van der Waals surface area contributed by atoms with E-state index in [1.165, 1.54) is 0 Å². The Bertz CT molecular complexity index is 1290. The van der Waals surface area contributed by atoms with E-state index >= 15 is 0 Å². The van der Waals surface area contributed by atoms with Crippen LogP contribution < -0.4 is 18.9 Å². The average molecular weight is 779 g/mol. The Morgan fingerprint density at radius 3 is 0.685 bits per heavy atom. The Hall–Kier alpha value is -3.26. The van der Waals surface area contributed by atoms with Crippen LogP contribution in [-0.2, 0) is 37.9 Å². The van der Waals surface area contributed by atoms with Crippen LogP contribution in [0.15, 0.2) is 36.4 Å². The second-order valence-electron chi connectivity index (χ2n) is 10.8. The zero-order chi connectivity index (χ0) is 39.6. The highest BCUT2D eigenvalue weighted by molar-refractivity contribution is 6.00. The van der Waals surface area contributed by atoms with Crippen LogP contribution in [0.2, 0.25) is 0 Å². The third-order valence-electron chi connectivity index (χ3n) is 7.06. The number of aliphatic hydroxyl groups is 8. The van der Waals surface area contributed by atoms with E-state index in [1.807, 2.05) is 0 Å². The van der Waals surface area contributed by atoms with E-state index < -0.39 is 77.5 Å². The fourth-order valence-corrected chi connectivity index (χ4v) is 4.48. The van der Waals surface area contributed by atoms with E-state index in [0.29, 0.717) is 21.5 Å². The van der Waals surface area contributed by atoms with Crippen molar-refractivity contribution in [1.82, 2.24) is 0 Å². The molecule has 0 heterocycles. The minimum absolute atomic E-state index is 0.0833. The Morgan fingerprint density at radius 1 is 0.315 bits per heavy atom. The van der Waals surface area contributed by atoms with Crippen LogP contribution in [0.25, 0.3) is 21.5 Å². The standard InChI is InChI=1S/C34H50O20/c1-5-43-27(35)31(39)51-15-47-23-11-19-9-21-13-25(49-17-53-33(41)29(37)45-7-3)26(50-18-54-34(42)30(38)46-8-4)14-22(21)10-20(19)12-24(23)48-16-52-32(40)28(36)44-6-2/h9-14,27-42H,5-8,15-18H2,1-4H3. The monoisotopic (exact) mass is 778 g/mol. The summed E-state index contributed by atoms with van der Waals surface area (Å²) in [7, 11) is 0. The molecule has 54 heavy (non-hydrogen) atoms. The first-order valence-corrected chi connectivity index (χ1v) is 16.9. The second-order valence-corrected chi connectivity index (χ2v) is 10.8. The molecular weight excluding hydrogens is 728 g/mol. The molecule has 3 aromatic rings. The number of rotatable bonds is 28. The number of ether oxygens (including phenoxy) is 12. The number of hydrogen-bond donors (Lipinski definition) is 8. The molecule has 0 saturated carbocycles. The van der Waals surface area contributed by atoms with Crippen molar-refractivity contribution in [3.63, 3.8) is 0 Å². The fourth-order valence-electron chi connectivity index (χ4n) is 4.48. The van der Waals surface area contributed by atoms with Crippen molar-refractivity contribution in [1.29, 1.82) is 0 Å². The van der Waals surface area contributed by atoms with Crippen molar-refractivity contribution >= 4 is 21.5 Å². The van der Waals surface area contributed by atoms with Gasteiger partial charge in [-0.3, -0.25) is 0 Å². The predicted molar refractivity (Wildman–Crippen MR) is 182 cm³/mol. The average Bonchev–Trinajstić information content (AvgIpc) is 3.14. The molecule has 8 unspecified atom stereocenters. The molecule has 0 fully saturated rings. The molecule has 0 aliphatic rings. The van der Waals surface area contributed by atoms with E-state index in [2.05, 4.69) is 0 Å². The summed E-state index contributed by atoms with van der Waals surface area (Å²) < 4.78 is 63.0. The lowest BCUT2D eigenvalue weighted by Gasteiger charge is -2.21. The van der Waals surface area contributed by atoms with Gasteiger partial charge in [0, 0.05) is 26.4 Å². The van der Waals surface area contributed by atoms with Gasteiger partial charge in [-0.25, -0.2) is 0 Å². The predicted octanol–water partition coefficient (Wildman–Crippen LogP) is 0.0978. The fraction of sp³-hybridized carbons (Fsp3) is 0.588. The summed E-state index contributed by atoms with van der Waals surface area (Å²) in [6.07, 6.45) is -13.4. The summed E-state index contributed by atoms with van der Waals surface area (Å²) >= 11 is 0. The highest BCUT2D eigenvalue weighted by Crippen LogP contribution is 2.38. The molecule has 0 aliphatic carbocycles. The van der Waals surface area contributed by atoms with Gasteiger partial charge in [-0.1, -0.05) is 0 Å². The molecular formula is C34H50O20. The highest BCUT2D eigenvalue weighted by Gasteiger charge is 2.22. The van der Waals surface area contributed by atoms with Crippen LogP contribution in [0.5, 0.6) is 23.0 Å². The summed E-state index contributed by atoms with van der Waals surface area (Å²) in [6.45, 7) is 4.70. The topological polar surface area (TPSA) is 273 Å². The van der Waals surface area contributed by atoms with Gasteiger partial charge in [0.15, 0.2) is 50.2 Å². The molecule has 20 heteroatoms. The maximum Gasteiger partial charge on any atom is 0.210 e. The summed E-state index contributed by atoms with van der Waals surface area (Å²) in [5.74, 6) is 0.333. The Balaban J connectivity index is 1.95. The molecule has 0 radical (unpaired) electrons. The zero-order valence-corrected chi connectivity index (χ0v) is 30.2. The second kappa shape index (κ2) is 23.6. The third kappa shape index (κ3) is 14.1. The molecule has 0 aromatic heterocycles. The van der Waals surface area contributed by atoms with Crippen molar-refractivity contribution in [2.45, 2.75) is 78.0 Å². The number of fused-ring (bicyclic) bond motifs is 2. The lowest BCUT2D eigenvalue weighted by molar-refractivity contribution is -0.266. The molecule has 8 N–H and O–H groups in total. The van der Waals surface area contributed by atoms with Crippen molar-refractivity contribution in [3.05, 3.63) is 36.4 Å². The van der Waals surface area contributed by atoms with E-state index in [-0.39, 0.29) is 49.4 Å². The largest absolute Gasteiger partial charge is 0.464 e. The van der Waals surface area contributed by atoms with E-state index in [9.17, 15) is 40.9 Å². The molecule has 0 amide bonds. The number of hydrogen-bond acceptors (Lipinski definition) is 20. The van der Waals surface area contributed by atoms with Crippen LogP contribution in [-0.4, -0.2) is 145 Å². The lowest BCUT2D eigenvalue weighted by Crippen LogP contribution is -2.32. The Morgan fingerprint density at radius 2 is 0.500 bits per heavy atom. The first-order chi connectivity index (χ1) is 25.9. The van der Waals surface area contributed by atoms with Gasteiger partial charge in [0.2, 0.25) is 50.3 Å². The van der Waals surface area contributed by atoms with Gasteiger partial charge in [-0.2, -0.15) is 0 Å². The number of benzene rings is 3. The van der Waals surface area contributed by atoms with Crippen molar-refractivity contribution < 1.29 is 97.7 Å². The normalized spacial score (nSPS) is 16.4. The molecule has 0 saturated heterocycles. The lowest BCUT2D eigenvalue weighted by atomic mass is 10.0. The van der Waals surface area contributed by atoms with Crippen molar-refractivity contribution in [3.8, 4) is 23.0 Å². The first-order valence-electron chi connectivity index (χ1n) is 16.9. The molecule has 3 aromatic carbocycles. The van der Waals surface area contributed by atoms with Crippen LogP contribution >= 0.6 is 0 Å². The highest BCUT2D eigenvalue weighted by atomic mass is 16.8. The first kappa shape index (κ1) is 45.1. The van der Waals surface area contributed by atoms with Gasteiger partial charge in [-0.15, -0.1) is 0 Å². The molecule has 3 rings (SSSR count). The van der Waals surface area contributed by atoms with Gasteiger partial charge in [-0.05, 0) is 85.6 Å². The van der Waals surface area contributed by atoms with Gasteiger partial charge in [0.25, 0.3) is 0 Å². The Labute approximate surface area is 310 Å². The van der Waals surface area contributed by atoms with Crippen molar-refractivity contribution in [2.24, 2.45) is 0 Å².